The molecule has 2 atom stereocenters. The fraction of sp³-hybridized carbons (Fsp3) is 0.536. The Morgan fingerprint density at radius 1 is 1.06 bits per heavy atom. The smallest absolute Gasteiger partial charge is 0.162 e. The van der Waals surface area contributed by atoms with Crippen molar-refractivity contribution in [2.75, 3.05) is 6.61 Å². The van der Waals surface area contributed by atoms with Gasteiger partial charge in [0.2, 0.25) is 0 Å². The van der Waals surface area contributed by atoms with Gasteiger partial charge in [-0.15, -0.1) is 0 Å². The molecule has 1 aliphatic heterocycles. The van der Waals surface area contributed by atoms with Crippen LogP contribution >= 0.6 is 0 Å². The van der Waals surface area contributed by atoms with Gasteiger partial charge in [-0.2, -0.15) is 0 Å². The highest BCUT2D eigenvalue weighted by atomic mass is 16.5. The Morgan fingerprint density at radius 2 is 1.81 bits per heavy atom. The van der Waals surface area contributed by atoms with Crippen molar-refractivity contribution < 1.29 is 19.7 Å². The van der Waals surface area contributed by atoms with Crippen LogP contribution in [0.5, 0.6) is 5.75 Å². The van der Waals surface area contributed by atoms with Gasteiger partial charge in [0.05, 0.1) is 18.3 Å². The highest BCUT2D eigenvalue weighted by molar-refractivity contribution is 5.96. The van der Waals surface area contributed by atoms with Gasteiger partial charge < -0.3 is 14.9 Å². The maximum absolute atomic E-state index is 12.8. The summed E-state index contributed by atoms with van der Waals surface area (Å²) in [5.41, 5.74) is 3.62. The van der Waals surface area contributed by atoms with E-state index in [1.807, 2.05) is 50.2 Å². The number of aliphatic hydroxyl groups is 2. The lowest BCUT2D eigenvalue weighted by molar-refractivity contribution is 0.0777. The predicted octanol–water partition coefficient (Wildman–Crippen LogP) is 6.19. The zero-order valence-corrected chi connectivity index (χ0v) is 20.0. The molecule has 4 heteroatoms. The van der Waals surface area contributed by atoms with Gasteiger partial charge >= 0.3 is 0 Å². The van der Waals surface area contributed by atoms with E-state index < -0.39 is 11.7 Å². The maximum Gasteiger partial charge on any atom is 0.162 e. The summed E-state index contributed by atoms with van der Waals surface area (Å²) in [5.74, 6) is 1.36. The topological polar surface area (TPSA) is 66.8 Å². The number of ketones is 1. The third kappa shape index (κ3) is 6.43. The number of carbonyl (C=O) groups excluding carboxylic acids is 1. The van der Waals surface area contributed by atoms with Crippen LogP contribution in [0.3, 0.4) is 0 Å². The summed E-state index contributed by atoms with van der Waals surface area (Å²) >= 11 is 0. The third-order valence-electron chi connectivity index (χ3n) is 6.64. The van der Waals surface area contributed by atoms with E-state index in [2.05, 4.69) is 0 Å². The number of benzene rings is 2. The van der Waals surface area contributed by atoms with E-state index >= 15 is 0 Å². The Labute approximate surface area is 192 Å². The molecule has 3 rings (SSSR count). The van der Waals surface area contributed by atoms with Crippen molar-refractivity contribution in [3.8, 4) is 5.75 Å². The summed E-state index contributed by atoms with van der Waals surface area (Å²) in [6.45, 7) is 8.10. The number of hydrogen-bond donors (Lipinski definition) is 2. The maximum atomic E-state index is 12.8. The monoisotopic (exact) mass is 438 g/mol. The minimum atomic E-state index is -0.911. The van der Waals surface area contributed by atoms with Crippen LogP contribution in [0.2, 0.25) is 0 Å². The van der Waals surface area contributed by atoms with Crippen molar-refractivity contribution in [3.05, 3.63) is 64.2 Å². The molecule has 32 heavy (non-hydrogen) atoms. The summed E-state index contributed by atoms with van der Waals surface area (Å²) in [7, 11) is 0. The standard InChI is InChI=1S/C28H38O4/c1-19-9-14-27-23(17-19)26(30)8-6-5-7-21(15-16-32-27)10-13-25(29)22-11-12-24(20(2)18-22)28(3,4)31/h9,11-12,14,17-18,21,26,30-31H,5-8,10,13,15-16H2,1-4H3. The molecular formula is C28H38O4. The number of rotatable bonds is 5. The third-order valence-corrected chi connectivity index (χ3v) is 6.64. The molecule has 1 aliphatic rings. The molecule has 1 heterocycles. The van der Waals surface area contributed by atoms with Crippen LogP contribution in [-0.2, 0) is 5.60 Å². The van der Waals surface area contributed by atoms with E-state index in [9.17, 15) is 15.0 Å². The summed E-state index contributed by atoms with van der Waals surface area (Å²) < 4.78 is 6.06. The molecule has 0 fully saturated rings. The minimum Gasteiger partial charge on any atom is -0.493 e. The molecule has 0 radical (unpaired) electrons. The summed E-state index contributed by atoms with van der Waals surface area (Å²) in [6.07, 6.45) is 5.59. The number of ether oxygens (including phenoxy) is 1. The fourth-order valence-corrected chi connectivity index (χ4v) is 4.76. The lowest BCUT2D eigenvalue weighted by Crippen LogP contribution is -2.17. The molecule has 2 aromatic carbocycles. The van der Waals surface area contributed by atoms with Crippen LogP contribution in [0.15, 0.2) is 36.4 Å². The molecule has 2 N–H and O–H groups in total. The average molecular weight is 439 g/mol. The molecule has 0 saturated carbocycles. The molecule has 174 valence electrons. The molecule has 2 aromatic rings. The Balaban J connectivity index is 1.61. The summed E-state index contributed by atoms with van der Waals surface area (Å²) in [4.78, 5) is 12.8. The van der Waals surface area contributed by atoms with E-state index in [-0.39, 0.29) is 5.78 Å². The number of fused-ring (bicyclic) bond motifs is 1. The number of Topliss-reactive ketones (excluding diaryl/α,β-unsaturated/α-hetero) is 1. The number of aryl methyl sites for hydroxylation is 2. The molecular weight excluding hydrogens is 400 g/mol. The first-order valence-electron chi connectivity index (χ1n) is 11.9. The van der Waals surface area contributed by atoms with Crippen LogP contribution in [0.1, 0.15) is 97.5 Å². The van der Waals surface area contributed by atoms with Crippen molar-refractivity contribution in [1.29, 1.82) is 0 Å². The highest BCUT2D eigenvalue weighted by Crippen LogP contribution is 2.32. The molecule has 0 amide bonds. The van der Waals surface area contributed by atoms with Gasteiger partial charge in [0.25, 0.3) is 0 Å². The highest BCUT2D eigenvalue weighted by Gasteiger charge is 2.21. The van der Waals surface area contributed by atoms with E-state index in [0.29, 0.717) is 18.9 Å². The molecule has 2 unspecified atom stereocenters. The largest absolute Gasteiger partial charge is 0.493 e. The lowest BCUT2D eigenvalue weighted by Gasteiger charge is -2.21. The van der Waals surface area contributed by atoms with E-state index in [4.69, 9.17) is 4.74 Å². The summed E-state index contributed by atoms with van der Waals surface area (Å²) in [6, 6.07) is 11.6. The van der Waals surface area contributed by atoms with Gasteiger partial charge in [0, 0.05) is 17.5 Å². The second kappa shape index (κ2) is 10.6. The Hall–Kier alpha value is -2.17. The van der Waals surface area contributed by atoms with Gasteiger partial charge in [-0.25, -0.2) is 0 Å². The number of aliphatic hydroxyl groups excluding tert-OH is 1. The minimum absolute atomic E-state index is 0.155. The second-order valence-electron chi connectivity index (χ2n) is 9.90. The first kappa shape index (κ1) is 24.5. The SMILES string of the molecule is Cc1ccc2c(c1)C(O)CCCCC(CCC(=O)c1ccc(C(C)(C)O)c(C)c1)CCO2. The van der Waals surface area contributed by atoms with Gasteiger partial charge in [-0.3, -0.25) is 4.79 Å². The normalized spacial score (nSPS) is 20.1. The molecule has 0 aromatic heterocycles. The Kier molecular flexibility index (Phi) is 8.13. The van der Waals surface area contributed by atoms with Gasteiger partial charge in [0.15, 0.2) is 5.78 Å². The molecule has 0 saturated heterocycles. The van der Waals surface area contributed by atoms with Crippen molar-refractivity contribution in [1.82, 2.24) is 0 Å². The zero-order chi connectivity index (χ0) is 23.3. The second-order valence-corrected chi connectivity index (χ2v) is 9.90. The lowest BCUT2D eigenvalue weighted by atomic mass is 9.89. The van der Waals surface area contributed by atoms with Crippen LogP contribution in [0.25, 0.3) is 0 Å². The Morgan fingerprint density at radius 3 is 2.53 bits per heavy atom. The molecule has 0 aliphatic carbocycles. The predicted molar refractivity (Wildman–Crippen MR) is 128 cm³/mol. The van der Waals surface area contributed by atoms with E-state index in [1.165, 1.54) is 0 Å². The Bertz CT molecular complexity index is 926. The molecule has 4 nitrogen and oxygen atoms in total. The van der Waals surface area contributed by atoms with Crippen molar-refractivity contribution in [2.45, 2.75) is 84.3 Å². The first-order chi connectivity index (χ1) is 15.1. The molecule has 0 bridgehead atoms. The number of hydrogen-bond acceptors (Lipinski definition) is 4. The molecule has 0 spiro atoms. The van der Waals surface area contributed by atoms with Crippen molar-refractivity contribution in [2.24, 2.45) is 5.92 Å². The van der Waals surface area contributed by atoms with Crippen LogP contribution in [-0.4, -0.2) is 22.6 Å². The summed E-state index contributed by atoms with van der Waals surface area (Å²) in [5, 5.41) is 20.9. The van der Waals surface area contributed by atoms with Crippen LogP contribution in [0.4, 0.5) is 0 Å². The van der Waals surface area contributed by atoms with Crippen molar-refractivity contribution >= 4 is 5.78 Å². The van der Waals surface area contributed by atoms with Crippen LogP contribution < -0.4 is 4.74 Å². The van der Waals surface area contributed by atoms with Gasteiger partial charge in [-0.1, -0.05) is 43.0 Å². The van der Waals surface area contributed by atoms with Crippen molar-refractivity contribution in [3.63, 3.8) is 0 Å². The van der Waals surface area contributed by atoms with Gasteiger partial charge in [0.1, 0.15) is 5.75 Å². The van der Waals surface area contributed by atoms with E-state index in [0.717, 1.165) is 72.1 Å². The zero-order valence-electron chi connectivity index (χ0n) is 20.0. The van der Waals surface area contributed by atoms with Crippen LogP contribution in [0, 0.1) is 19.8 Å². The average Bonchev–Trinajstić information content (AvgIpc) is 2.76. The van der Waals surface area contributed by atoms with Gasteiger partial charge in [-0.05, 0) is 82.2 Å². The fourth-order valence-electron chi connectivity index (χ4n) is 4.76. The van der Waals surface area contributed by atoms with E-state index in [1.54, 1.807) is 13.8 Å². The number of carbonyl (C=O) groups is 1. The quantitative estimate of drug-likeness (QED) is 0.547. The first-order valence-corrected chi connectivity index (χ1v) is 11.9.